The maximum absolute atomic E-state index is 12.7. The van der Waals surface area contributed by atoms with E-state index in [9.17, 15) is 22.8 Å². The van der Waals surface area contributed by atoms with Gasteiger partial charge in [-0.05, 0) is 45.5 Å². The van der Waals surface area contributed by atoms with Crippen LogP contribution in [0.15, 0.2) is 18.2 Å². The number of aliphatic carboxylic acids is 1. The number of benzene rings is 1. The van der Waals surface area contributed by atoms with Crippen molar-refractivity contribution in [3.05, 3.63) is 29.3 Å². The third kappa shape index (κ3) is 5.75. The second kappa shape index (κ2) is 9.25. The van der Waals surface area contributed by atoms with Gasteiger partial charge < -0.3 is 19.8 Å². The molecule has 0 bridgehead atoms. The van der Waals surface area contributed by atoms with Crippen LogP contribution in [0.1, 0.15) is 30.9 Å². The maximum Gasteiger partial charge on any atom is 0.490 e. The van der Waals surface area contributed by atoms with Crippen LogP contribution in [0.3, 0.4) is 0 Å². The molecule has 2 aliphatic heterocycles. The summed E-state index contributed by atoms with van der Waals surface area (Å²) in [6.07, 6.45) is -3.23. The summed E-state index contributed by atoms with van der Waals surface area (Å²) in [7, 11) is 3.84. The van der Waals surface area contributed by atoms with E-state index in [1.54, 1.807) is 6.92 Å². The topological polar surface area (TPSA) is 81.2 Å². The molecule has 2 aliphatic rings. The van der Waals surface area contributed by atoms with Gasteiger partial charge in [0.2, 0.25) is 11.8 Å². The number of likely N-dealkylation sites (N-methyl/N-ethyl adjacent to an activating group) is 1. The van der Waals surface area contributed by atoms with Crippen LogP contribution >= 0.6 is 0 Å². The summed E-state index contributed by atoms with van der Waals surface area (Å²) in [4.78, 5) is 39.1. The Labute approximate surface area is 179 Å². The van der Waals surface area contributed by atoms with Crippen LogP contribution in [0.4, 0.5) is 18.9 Å². The average Bonchev–Trinajstić information content (AvgIpc) is 2.95. The molecule has 1 spiro atoms. The van der Waals surface area contributed by atoms with Gasteiger partial charge in [0.05, 0.1) is 6.54 Å². The molecule has 2 amide bonds. The van der Waals surface area contributed by atoms with Gasteiger partial charge in [-0.2, -0.15) is 13.2 Å². The van der Waals surface area contributed by atoms with Gasteiger partial charge in [-0.3, -0.25) is 9.59 Å². The molecule has 31 heavy (non-hydrogen) atoms. The fourth-order valence-corrected chi connectivity index (χ4v) is 4.04. The summed E-state index contributed by atoms with van der Waals surface area (Å²) >= 11 is 0. The van der Waals surface area contributed by atoms with Crippen molar-refractivity contribution in [3.8, 4) is 0 Å². The van der Waals surface area contributed by atoms with E-state index in [4.69, 9.17) is 9.90 Å². The molecule has 1 aromatic rings. The highest BCUT2D eigenvalue weighted by Crippen LogP contribution is 2.47. The summed E-state index contributed by atoms with van der Waals surface area (Å²) in [5.41, 5.74) is 3.57. The summed E-state index contributed by atoms with van der Waals surface area (Å²) < 4.78 is 31.7. The molecule has 2 heterocycles. The van der Waals surface area contributed by atoms with E-state index < -0.39 is 12.1 Å². The Balaban J connectivity index is 0.000000423. The number of amides is 2. The molecule has 1 N–H and O–H groups in total. The number of hydrogen-bond acceptors (Lipinski definition) is 4. The minimum absolute atomic E-state index is 0.00469. The molecule has 3 rings (SSSR count). The number of anilines is 1. The second-order valence-electron chi connectivity index (χ2n) is 8.33. The predicted octanol–water partition coefficient (Wildman–Crippen LogP) is 2.42. The Kier molecular flexibility index (Phi) is 7.36. The molecular weight excluding hydrogens is 415 g/mol. The number of piperidine rings is 1. The van der Waals surface area contributed by atoms with Crippen molar-refractivity contribution >= 4 is 23.5 Å². The van der Waals surface area contributed by atoms with Gasteiger partial charge in [0.15, 0.2) is 0 Å². The Morgan fingerprint density at radius 1 is 1.16 bits per heavy atom. The van der Waals surface area contributed by atoms with E-state index in [1.165, 1.54) is 11.1 Å². The highest BCUT2D eigenvalue weighted by Gasteiger charge is 2.46. The fourth-order valence-electron chi connectivity index (χ4n) is 4.04. The van der Waals surface area contributed by atoms with Crippen LogP contribution in [0, 0.1) is 6.92 Å². The number of aryl methyl sites for hydroxylation is 1. The van der Waals surface area contributed by atoms with Gasteiger partial charge in [0, 0.05) is 37.7 Å². The van der Waals surface area contributed by atoms with E-state index in [-0.39, 0.29) is 17.2 Å². The van der Waals surface area contributed by atoms with Crippen LogP contribution < -0.4 is 4.90 Å². The maximum atomic E-state index is 12.7. The predicted molar refractivity (Wildman–Crippen MR) is 109 cm³/mol. The van der Waals surface area contributed by atoms with Crippen LogP contribution in [0.25, 0.3) is 0 Å². The zero-order chi connectivity index (χ0) is 23.6. The first-order valence-corrected chi connectivity index (χ1v) is 9.89. The molecule has 1 fully saturated rings. The zero-order valence-corrected chi connectivity index (χ0v) is 18.1. The molecule has 0 unspecified atom stereocenters. The third-order valence-corrected chi connectivity index (χ3v) is 5.64. The van der Waals surface area contributed by atoms with Crippen LogP contribution in [0.5, 0.6) is 0 Å². The largest absolute Gasteiger partial charge is 0.490 e. The molecule has 0 saturated carbocycles. The monoisotopic (exact) mass is 443 g/mol. The number of rotatable bonds is 2. The first kappa shape index (κ1) is 24.6. The van der Waals surface area contributed by atoms with Crippen molar-refractivity contribution in [1.82, 2.24) is 9.80 Å². The normalized spacial score (nSPS) is 17.3. The first-order valence-electron chi connectivity index (χ1n) is 9.89. The van der Waals surface area contributed by atoms with Crippen molar-refractivity contribution in [2.45, 2.75) is 38.3 Å². The van der Waals surface area contributed by atoms with Crippen LogP contribution in [-0.4, -0.2) is 79.1 Å². The number of carbonyl (C=O) groups excluding carboxylic acids is 2. The molecule has 0 radical (unpaired) electrons. The first-order chi connectivity index (χ1) is 14.3. The number of nitrogens with zero attached hydrogens (tertiary/aromatic N) is 3. The van der Waals surface area contributed by atoms with Crippen molar-refractivity contribution < 1.29 is 32.7 Å². The minimum atomic E-state index is -5.08. The summed E-state index contributed by atoms with van der Waals surface area (Å²) in [5, 5.41) is 7.12. The lowest BCUT2D eigenvalue weighted by Crippen LogP contribution is -2.48. The smallest absolute Gasteiger partial charge is 0.475 e. The number of carboxylic acids is 1. The number of alkyl halides is 3. The number of hydrogen-bond donors (Lipinski definition) is 1. The van der Waals surface area contributed by atoms with E-state index in [2.05, 4.69) is 25.1 Å². The number of likely N-dealkylation sites (tertiary alicyclic amines) is 1. The lowest BCUT2D eigenvalue weighted by molar-refractivity contribution is -0.192. The Bertz CT molecular complexity index is 847. The standard InChI is InChI=1S/C19H27N3O2.C2HF3O2/c1-14-5-6-17-16(11-14)19(7-9-21(10-8-19)15(2)23)13-22(17)18(24)12-20(3)4;3-2(4,5)1(6)7/h5-6,11H,7-10,12-13H2,1-4H3;(H,6,7). The van der Waals surface area contributed by atoms with E-state index in [0.29, 0.717) is 6.54 Å². The third-order valence-electron chi connectivity index (χ3n) is 5.64. The molecule has 10 heteroatoms. The lowest BCUT2D eigenvalue weighted by Gasteiger charge is -2.39. The van der Waals surface area contributed by atoms with Gasteiger partial charge in [0.1, 0.15) is 0 Å². The van der Waals surface area contributed by atoms with Crippen LogP contribution in [-0.2, 0) is 19.8 Å². The molecule has 0 atom stereocenters. The van der Waals surface area contributed by atoms with Crippen molar-refractivity contribution in [2.24, 2.45) is 0 Å². The zero-order valence-electron chi connectivity index (χ0n) is 18.1. The second-order valence-corrected chi connectivity index (χ2v) is 8.33. The molecule has 172 valence electrons. The highest BCUT2D eigenvalue weighted by molar-refractivity contribution is 5.97. The van der Waals surface area contributed by atoms with Crippen molar-refractivity contribution in [2.75, 3.05) is 45.2 Å². The molecule has 7 nitrogen and oxygen atoms in total. The van der Waals surface area contributed by atoms with Gasteiger partial charge in [-0.15, -0.1) is 0 Å². The molecular formula is C21H28F3N3O4. The van der Waals surface area contributed by atoms with Gasteiger partial charge in [-0.25, -0.2) is 4.79 Å². The SMILES string of the molecule is CC(=O)N1CCC2(CC1)CN(C(=O)CN(C)C)c1ccc(C)cc12.O=C(O)C(F)(F)F. The van der Waals surface area contributed by atoms with Gasteiger partial charge in [0.25, 0.3) is 0 Å². The summed E-state index contributed by atoms with van der Waals surface area (Å²) in [5.74, 6) is -2.46. The van der Waals surface area contributed by atoms with E-state index >= 15 is 0 Å². The van der Waals surface area contributed by atoms with Crippen LogP contribution in [0.2, 0.25) is 0 Å². The number of carboxylic acid groups (broad SMARTS) is 1. The number of carbonyl (C=O) groups is 3. The number of fused-ring (bicyclic) bond motifs is 2. The molecule has 1 saturated heterocycles. The average molecular weight is 443 g/mol. The van der Waals surface area contributed by atoms with Crippen molar-refractivity contribution in [1.29, 1.82) is 0 Å². The summed E-state index contributed by atoms with van der Waals surface area (Å²) in [6.45, 7) is 6.45. The van der Waals surface area contributed by atoms with Gasteiger partial charge >= 0.3 is 12.1 Å². The Morgan fingerprint density at radius 2 is 1.71 bits per heavy atom. The minimum Gasteiger partial charge on any atom is -0.475 e. The fraction of sp³-hybridized carbons (Fsp3) is 0.571. The van der Waals surface area contributed by atoms with Gasteiger partial charge in [-0.1, -0.05) is 17.7 Å². The molecule has 1 aromatic carbocycles. The molecule has 0 aromatic heterocycles. The number of halogens is 3. The lowest BCUT2D eigenvalue weighted by atomic mass is 9.74. The van der Waals surface area contributed by atoms with E-state index in [0.717, 1.165) is 38.2 Å². The Morgan fingerprint density at radius 3 is 2.16 bits per heavy atom. The van der Waals surface area contributed by atoms with Crippen molar-refractivity contribution in [3.63, 3.8) is 0 Å². The summed E-state index contributed by atoms with van der Waals surface area (Å²) in [6, 6.07) is 6.41. The van der Waals surface area contributed by atoms with E-state index in [1.807, 2.05) is 28.8 Å². The Hall–Kier alpha value is -2.62. The molecule has 0 aliphatic carbocycles. The highest BCUT2D eigenvalue weighted by atomic mass is 19.4. The quantitative estimate of drug-likeness (QED) is 0.759.